The van der Waals surface area contributed by atoms with Crippen molar-refractivity contribution in [2.45, 2.75) is 128 Å². The van der Waals surface area contributed by atoms with Crippen LogP contribution >= 0.6 is 34.8 Å². The molecule has 80 heavy (non-hydrogen) atoms. The van der Waals surface area contributed by atoms with Crippen molar-refractivity contribution >= 4 is 93.9 Å². The summed E-state index contributed by atoms with van der Waals surface area (Å²) in [6.45, 7) is 12.8. The highest BCUT2D eigenvalue weighted by Crippen LogP contribution is 2.46. The summed E-state index contributed by atoms with van der Waals surface area (Å²) in [6.07, 6.45) is 8.58. The average molecular weight is 1140 g/mol. The molecule has 0 bridgehead atoms. The van der Waals surface area contributed by atoms with Crippen molar-refractivity contribution < 1.29 is 38.5 Å². The van der Waals surface area contributed by atoms with Gasteiger partial charge in [0, 0.05) is 23.1 Å². The Morgan fingerprint density at radius 3 is 1.46 bits per heavy atom. The van der Waals surface area contributed by atoms with Gasteiger partial charge in [0.1, 0.15) is 36.1 Å². The molecule has 8 aromatic rings. The lowest BCUT2D eigenvalue weighted by molar-refractivity contribution is -0.198. The maximum atomic E-state index is 8.48. The van der Waals surface area contributed by atoms with E-state index in [-0.39, 0.29) is 41.9 Å². The quantitative estimate of drug-likeness (QED) is 0.0590. The standard InChI is InChI=1S/C29H30ClN5O3.C21H23Cl2N5O3.C8H9BO2/c1-4-22-24-25(38-29(2,3)37-24)28(36-22)35-27-20(17-32-35)26(31-16-19-12-8-9-13-21(19)30)33-23(34-27)15-14-18-10-6-5-7-11-18;1-4-14-15-16(31-21(2,3)30-15)19(29-14)28-18-12(10-25-28)17(26-20(23)27-18)24-9-11-7-5-6-8-13(11)22;10-9(11)7-6-8-4-2-1-3-5-8/h5-15,17,22,24-25,28H,4,16H2,1-3H3,(H,31,33,34);5-8,10,14-16,19H,4,9H2,1-3H3,(H,24,26,27);1-7,10-11H/b15-14+;;7-6+/t22-,24-,25-,28-;14-,15-,16-,19-;/m11./s1. The van der Waals surface area contributed by atoms with E-state index in [1.165, 1.54) is 5.98 Å². The summed E-state index contributed by atoms with van der Waals surface area (Å²) in [4.78, 5) is 18.5. The summed E-state index contributed by atoms with van der Waals surface area (Å²) in [5.74, 6) is 1.74. The molecule has 8 atom stereocenters. The molecular formula is C58H62BCl3N10O8. The Hall–Kier alpha value is -6.33. The summed E-state index contributed by atoms with van der Waals surface area (Å²) in [5.41, 5.74) is 5.16. The Bertz CT molecular complexity index is 3460. The van der Waals surface area contributed by atoms with Crippen molar-refractivity contribution in [3.05, 3.63) is 171 Å². The van der Waals surface area contributed by atoms with Crippen LogP contribution in [0, 0.1) is 0 Å². The van der Waals surface area contributed by atoms with Gasteiger partial charge in [-0.15, -0.1) is 0 Å². The SMILES string of the molecule is CC[C@H]1O[C@@H](n2ncc3c(NCc4ccccc4Cl)nc(/C=C/c4ccccc4)nc32)[C@@H]2OC(C)(C)O[C@@H]21.CC[C@H]1O[C@@H](n2ncc3c(NCc4ccccc4Cl)nc(Cl)nc32)[C@@H]2OC(C)(C)O[C@@H]21.OB(O)/C=C/c1ccccc1. The summed E-state index contributed by atoms with van der Waals surface area (Å²) >= 11 is 18.9. The number of ether oxygens (including phenoxy) is 6. The molecule has 0 aliphatic carbocycles. The first kappa shape index (κ1) is 56.9. The van der Waals surface area contributed by atoms with E-state index in [1.54, 1.807) is 27.8 Å². The maximum Gasteiger partial charge on any atom is 0.480 e. The zero-order chi connectivity index (χ0) is 56.1. The number of hydrogen-bond donors (Lipinski definition) is 4. The Labute approximate surface area is 479 Å². The predicted molar refractivity (Wildman–Crippen MR) is 310 cm³/mol. The first-order valence-electron chi connectivity index (χ1n) is 26.5. The average Bonchev–Trinajstić information content (AvgIpc) is 4.42. The minimum atomic E-state index is -1.37. The molecule has 0 saturated carbocycles. The van der Waals surface area contributed by atoms with Gasteiger partial charge in [0.2, 0.25) is 5.28 Å². The zero-order valence-corrected chi connectivity index (χ0v) is 47.2. The molecule has 4 aromatic heterocycles. The second-order valence-electron chi connectivity index (χ2n) is 20.3. The van der Waals surface area contributed by atoms with Gasteiger partial charge >= 0.3 is 7.12 Å². The number of halogens is 3. The molecule has 4 aromatic carbocycles. The van der Waals surface area contributed by atoms with Gasteiger partial charge in [-0.3, -0.25) is 0 Å². The van der Waals surface area contributed by atoms with Crippen LogP contribution in [0.25, 0.3) is 40.3 Å². The van der Waals surface area contributed by atoms with Gasteiger partial charge in [0.25, 0.3) is 0 Å². The largest absolute Gasteiger partial charge is 0.480 e. The van der Waals surface area contributed by atoms with E-state index >= 15 is 0 Å². The number of fused-ring (bicyclic) bond motifs is 4. The first-order chi connectivity index (χ1) is 38.6. The van der Waals surface area contributed by atoms with Crippen LogP contribution in [-0.2, 0) is 41.5 Å². The molecule has 0 radical (unpaired) electrons. The van der Waals surface area contributed by atoms with Gasteiger partial charge in [-0.25, -0.2) is 19.3 Å². The minimum absolute atomic E-state index is 0.0915. The van der Waals surface area contributed by atoms with Gasteiger partial charge in [-0.1, -0.05) is 152 Å². The molecule has 8 heterocycles. The van der Waals surface area contributed by atoms with Gasteiger partial charge in [-0.2, -0.15) is 20.2 Å². The highest BCUT2D eigenvalue weighted by atomic mass is 35.5. The third-order valence-electron chi connectivity index (χ3n) is 13.7. The number of benzene rings is 4. The van der Waals surface area contributed by atoms with E-state index < -0.39 is 31.1 Å². The highest BCUT2D eigenvalue weighted by molar-refractivity contribution is 6.48. The smallest absolute Gasteiger partial charge is 0.424 e. The van der Waals surface area contributed by atoms with E-state index in [9.17, 15) is 0 Å². The van der Waals surface area contributed by atoms with E-state index in [0.29, 0.717) is 51.9 Å². The van der Waals surface area contributed by atoms with Crippen molar-refractivity contribution in [3.63, 3.8) is 0 Å². The van der Waals surface area contributed by atoms with Crippen molar-refractivity contribution in [1.82, 2.24) is 39.5 Å². The fourth-order valence-electron chi connectivity index (χ4n) is 10.1. The molecule has 22 heteroatoms. The third-order valence-corrected chi connectivity index (χ3v) is 14.6. The lowest BCUT2D eigenvalue weighted by Crippen LogP contribution is -2.28. The third kappa shape index (κ3) is 13.0. The molecule has 12 rings (SSSR count). The van der Waals surface area contributed by atoms with Crippen LogP contribution in [0.15, 0.2) is 128 Å². The van der Waals surface area contributed by atoms with Crippen LogP contribution in [0.4, 0.5) is 11.6 Å². The molecule has 0 unspecified atom stereocenters. The van der Waals surface area contributed by atoms with Gasteiger partial charge in [-0.05, 0) is 92.6 Å². The van der Waals surface area contributed by atoms with Crippen LogP contribution in [0.1, 0.15) is 94.9 Å². The first-order valence-corrected chi connectivity index (χ1v) is 27.7. The Morgan fingerprint density at radius 2 is 0.988 bits per heavy atom. The van der Waals surface area contributed by atoms with Gasteiger partial charge < -0.3 is 49.1 Å². The van der Waals surface area contributed by atoms with Crippen molar-refractivity contribution in [3.8, 4) is 0 Å². The molecular weight excluding hydrogens is 1080 g/mol. The fourth-order valence-corrected chi connectivity index (χ4v) is 10.6. The Kier molecular flexibility index (Phi) is 17.7. The molecule has 416 valence electrons. The van der Waals surface area contributed by atoms with Crippen LogP contribution in [0.5, 0.6) is 0 Å². The second-order valence-corrected chi connectivity index (χ2v) is 21.5. The molecule has 0 amide bonds. The Morgan fingerprint density at radius 1 is 0.550 bits per heavy atom. The maximum absolute atomic E-state index is 8.48. The van der Waals surface area contributed by atoms with Crippen LogP contribution in [0.2, 0.25) is 15.3 Å². The number of hydrogen-bond acceptors (Lipinski definition) is 16. The van der Waals surface area contributed by atoms with Gasteiger partial charge in [0.05, 0.1) is 35.4 Å². The minimum Gasteiger partial charge on any atom is -0.424 e. The van der Waals surface area contributed by atoms with Crippen molar-refractivity contribution in [2.75, 3.05) is 10.6 Å². The zero-order valence-electron chi connectivity index (χ0n) is 44.9. The monoisotopic (exact) mass is 1140 g/mol. The summed E-state index contributed by atoms with van der Waals surface area (Å²) in [6, 6.07) is 34.9. The fraction of sp³-hybridized carbons (Fsp3) is 0.345. The summed E-state index contributed by atoms with van der Waals surface area (Å²) in [5, 5.41) is 36.0. The van der Waals surface area contributed by atoms with Crippen molar-refractivity contribution in [1.29, 1.82) is 0 Å². The van der Waals surface area contributed by atoms with E-state index in [2.05, 4.69) is 39.5 Å². The molecule has 0 spiro atoms. The predicted octanol–water partition coefficient (Wildman–Crippen LogP) is 11.4. The lowest BCUT2D eigenvalue weighted by Gasteiger charge is -2.24. The molecule has 4 fully saturated rings. The number of aromatic nitrogens is 8. The summed E-state index contributed by atoms with van der Waals surface area (Å²) in [7, 11) is -1.37. The topological polar surface area (TPSA) is 207 Å². The van der Waals surface area contributed by atoms with E-state index in [1.807, 2.05) is 149 Å². The van der Waals surface area contributed by atoms with E-state index in [0.717, 1.165) is 45.9 Å². The van der Waals surface area contributed by atoms with Crippen LogP contribution < -0.4 is 10.6 Å². The number of nitrogens with zero attached hydrogens (tertiary/aromatic N) is 8. The van der Waals surface area contributed by atoms with Crippen LogP contribution in [-0.4, -0.2) is 105 Å². The normalized spacial score (nSPS) is 23.4. The van der Waals surface area contributed by atoms with E-state index in [4.69, 9.17) is 88.3 Å². The second kappa shape index (κ2) is 24.8. The Balaban J connectivity index is 0.000000154. The molecule has 4 saturated heterocycles. The summed E-state index contributed by atoms with van der Waals surface area (Å²) < 4.78 is 40.9. The van der Waals surface area contributed by atoms with Gasteiger partial charge in [0.15, 0.2) is 41.1 Å². The number of anilines is 2. The number of rotatable bonds is 14. The molecule has 4 aliphatic heterocycles. The number of nitrogens with one attached hydrogen (secondary N) is 2. The highest BCUT2D eigenvalue weighted by Gasteiger charge is 2.57. The van der Waals surface area contributed by atoms with Crippen molar-refractivity contribution in [2.24, 2.45) is 0 Å². The van der Waals surface area contributed by atoms with Crippen LogP contribution in [0.3, 0.4) is 0 Å². The molecule has 4 aliphatic rings. The molecule has 18 nitrogen and oxygen atoms in total. The lowest BCUT2D eigenvalue weighted by atomic mass is 9.91. The molecule has 4 N–H and O–H groups in total.